The summed E-state index contributed by atoms with van der Waals surface area (Å²) in [7, 11) is 0. The number of oxazole rings is 1. The quantitative estimate of drug-likeness (QED) is 0.767. The largest absolute Gasteiger partial charge is 0.441 e. The van der Waals surface area contributed by atoms with E-state index in [0.717, 1.165) is 30.6 Å². The molecule has 1 aromatic carbocycles. The number of ether oxygens (including phenoxy) is 1. The Bertz CT molecular complexity index is 755. The lowest BCUT2D eigenvalue weighted by Gasteiger charge is -2.35. The molecular formula is C19H28N4O4. The number of nitrogens with zero attached hydrogens (tertiary/aromatic N) is 3. The zero-order valence-electron chi connectivity index (χ0n) is 16.0. The molecule has 27 heavy (non-hydrogen) atoms. The van der Waals surface area contributed by atoms with Crippen LogP contribution in [0.4, 0.5) is 10.5 Å². The molecule has 0 unspecified atom stereocenters. The number of β-amino-alcohol motifs (C(OH)–C–C–N with tert-alkyl or cyclic N) is 1. The number of anilines is 1. The molecule has 8 nitrogen and oxygen atoms in total. The number of aliphatic hydroxyl groups is 1. The van der Waals surface area contributed by atoms with Crippen LogP contribution in [-0.4, -0.2) is 78.0 Å². The monoisotopic (exact) mass is 376 g/mol. The summed E-state index contributed by atoms with van der Waals surface area (Å²) in [5.74, 6) is 0.691. The molecule has 3 rings (SSSR count). The van der Waals surface area contributed by atoms with Crippen LogP contribution in [0.2, 0.25) is 0 Å². The Labute approximate surface area is 159 Å². The first-order valence-corrected chi connectivity index (χ1v) is 9.52. The summed E-state index contributed by atoms with van der Waals surface area (Å²) in [4.78, 5) is 20.9. The van der Waals surface area contributed by atoms with E-state index in [1.165, 1.54) is 0 Å². The topological polar surface area (TPSA) is 91.1 Å². The maximum absolute atomic E-state index is 12.5. The number of aromatic nitrogens is 1. The molecule has 0 aliphatic carbocycles. The highest BCUT2D eigenvalue weighted by molar-refractivity contribution is 5.91. The summed E-state index contributed by atoms with van der Waals surface area (Å²) in [6.07, 6.45) is 0.243. The molecule has 0 radical (unpaired) electrons. The highest BCUT2D eigenvalue weighted by atomic mass is 16.5. The van der Waals surface area contributed by atoms with Crippen LogP contribution in [-0.2, 0) is 11.2 Å². The minimum Gasteiger partial charge on any atom is -0.441 e. The van der Waals surface area contributed by atoms with Gasteiger partial charge in [0.05, 0.1) is 12.7 Å². The van der Waals surface area contributed by atoms with Gasteiger partial charge < -0.3 is 24.5 Å². The Balaban J connectivity index is 1.49. The molecule has 0 saturated carbocycles. The van der Waals surface area contributed by atoms with Crippen molar-refractivity contribution in [3.05, 3.63) is 24.1 Å². The maximum Gasteiger partial charge on any atom is 0.321 e. The van der Waals surface area contributed by atoms with Crippen LogP contribution in [0, 0.1) is 0 Å². The van der Waals surface area contributed by atoms with Gasteiger partial charge in [-0.1, -0.05) is 6.92 Å². The second kappa shape index (κ2) is 9.16. The van der Waals surface area contributed by atoms with E-state index in [4.69, 9.17) is 9.15 Å². The Morgan fingerprint density at radius 1 is 1.33 bits per heavy atom. The van der Waals surface area contributed by atoms with Crippen molar-refractivity contribution < 1.29 is 19.1 Å². The molecule has 1 aromatic heterocycles. The predicted molar refractivity (Wildman–Crippen MR) is 103 cm³/mol. The van der Waals surface area contributed by atoms with Gasteiger partial charge in [-0.3, -0.25) is 4.90 Å². The van der Waals surface area contributed by atoms with Crippen LogP contribution in [0.1, 0.15) is 19.7 Å². The second-order valence-electron chi connectivity index (χ2n) is 6.67. The number of carbonyl (C=O) groups excluding carboxylic acids is 1. The summed E-state index contributed by atoms with van der Waals surface area (Å²) in [6.45, 7) is 8.14. The van der Waals surface area contributed by atoms with Crippen molar-refractivity contribution in [2.45, 2.75) is 26.4 Å². The Hall–Kier alpha value is -2.16. The van der Waals surface area contributed by atoms with Crippen LogP contribution in [0.5, 0.6) is 0 Å². The number of rotatable bonds is 7. The lowest BCUT2D eigenvalue weighted by atomic mass is 10.2. The first-order valence-electron chi connectivity index (χ1n) is 9.52. The van der Waals surface area contributed by atoms with Crippen LogP contribution in [0.15, 0.2) is 22.6 Å². The third-order valence-electron chi connectivity index (χ3n) is 4.63. The molecule has 1 saturated heterocycles. The van der Waals surface area contributed by atoms with Crippen molar-refractivity contribution in [2.75, 3.05) is 51.3 Å². The number of aliphatic hydroxyl groups excluding tert-OH is 1. The van der Waals surface area contributed by atoms with E-state index in [-0.39, 0.29) is 6.03 Å². The molecule has 1 aliphatic rings. The third kappa shape index (κ3) is 5.18. The van der Waals surface area contributed by atoms with Gasteiger partial charge in [-0.2, -0.15) is 0 Å². The fourth-order valence-electron chi connectivity index (χ4n) is 3.14. The molecule has 0 bridgehead atoms. The SMILES string of the molecule is CCOC[C@H](O)CN1CCN(C(=O)Nc2ccc3oc(CC)nc3c2)CC1. The molecule has 2 N–H and O–H groups in total. The van der Waals surface area contributed by atoms with E-state index in [1.807, 2.05) is 32.0 Å². The molecule has 8 heteroatoms. The van der Waals surface area contributed by atoms with Crippen molar-refractivity contribution in [2.24, 2.45) is 0 Å². The molecule has 148 valence electrons. The van der Waals surface area contributed by atoms with Gasteiger partial charge in [-0.15, -0.1) is 0 Å². The van der Waals surface area contributed by atoms with Crippen LogP contribution in [0.3, 0.4) is 0 Å². The number of hydrogen-bond acceptors (Lipinski definition) is 6. The van der Waals surface area contributed by atoms with Gasteiger partial charge in [0.1, 0.15) is 5.52 Å². The first kappa shape index (κ1) is 19.6. The van der Waals surface area contributed by atoms with Crippen LogP contribution in [0.25, 0.3) is 11.1 Å². The predicted octanol–water partition coefficient (Wildman–Crippen LogP) is 1.94. The van der Waals surface area contributed by atoms with Gasteiger partial charge in [-0.05, 0) is 25.1 Å². The Kier molecular flexibility index (Phi) is 6.65. The van der Waals surface area contributed by atoms with E-state index in [0.29, 0.717) is 44.4 Å². The van der Waals surface area contributed by atoms with Gasteiger partial charge in [-0.25, -0.2) is 9.78 Å². The number of amides is 2. The van der Waals surface area contributed by atoms with Gasteiger partial charge in [0, 0.05) is 51.4 Å². The number of carbonyl (C=O) groups is 1. The molecule has 2 aromatic rings. The number of benzene rings is 1. The Morgan fingerprint density at radius 3 is 2.81 bits per heavy atom. The lowest BCUT2D eigenvalue weighted by Crippen LogP contribution is -2.51. The van der Waals surface area contributed by atoms with Gasteiger partial charge in [0.25, 0.3) is 0 Å². The second-order valence-corrected chi connectivity index (χ2v) is 6.67. The minimum absolute atomic E-state index is 0.122. The molecule has 2 heterocycles. The summed E-state index contributed by atoms with van der Waals surface area (Å²) >= 11 is 0. The number of fused-ring (bicyclic) bond motifs is 1. The van der Waals surface area contributed by atoms with E-state index < -0.39 is 6.10 Å². The van der Waals surface area contributed by atoms with Gasteiger partial charge >= 0.3 is 6.03 Å². The third-order valence-corrected chi connectivity index (χ3v) is 4.63. The van der Waals surface area contributed by atoms with E-state index >= 15 is 0 Å². The lowest BCUT2D eigenvalue weighted by molar-refractivity contribution is 0.0139. The molecule has 2 amide bonds. The van der Waals surface area contributed by atoms with Crippen molar-refractivity contribution in [3.8, 4) is 0 Å². The maximum atomic E-state index is 12.5. The minimum atomic E-state index is -0.493. The molecular weight excluding hydrogens is 348 g/mol. The normalized spacial score (nSPS) is 16.6. The highest BCUT2D eigenvalue weighted by Crippen LogP contribution is 2.20. The summed E-state index contributed by atoms with van der Waals surface area (Å²) < 4.78 is 10.8. The van der Waals surface area contributed by atoms with Crippen molar-refractivity contribution >= 4 is 22.8 Å². The van der Waals surface area contributed by atoms with Crippen molar-refractivity contribution in [3.63, 3.8) is 0 Å². The number of aryl methyl sites for hydroxylation is 1. The zero-order chi connectivity index (χ0) is 19.2. The molecule has 1 atom stereocenters. The number of nitrogens with one attached hydrogen (secondary N) is 1. The van der Waals surface area contributed by atoms with Crippen molar-refractivity contribution in [1.82, 2.24) is 14.8 Å². The smallest absolute Gasteiger partial charge is 0.321 e. The first-order chi connectivity index (χ1) is 13.1. The highest BCUT2D eigenvalue weighted by Gasteiger charge is 2.22. The zero-order valence-corrected chi connectivity index (χ0v) is 16.0. The summed E-state index contributed by atoms with van der Waals surface area (Å²) in [6, 6.07) is 5.36. The standard InChI is InChI=1S/C19H28N4O4/c1-3-18-21-16-11-14(5-6-17(16)27-18)20-19(25)23-9-7-22(8-10-23)12-15(24)13-26-4-2/h5-6,11,15,24H,3-4,7-10,12-13H2,1-2H3,(H,20,25)/t15-/m1/s1. The Morgan fingerprint density at radius 2 is 2.11 bits per heavy atom. The fourth-order valence-corrected chi connectivity index (χ4v) is 3.14. The molecule has 1 fully saturated rings. The van der Waals surface area contributed by atoms with Crippen LogP contribution >= 0.6 is 0 Å². The fraction of sp³-hybridized carbons (Fsp3) is 0.579. The average Bonchev–Trinajstić information content (AvgIpc) is 3.09. The van der Waals surface area contributed by atoms with E-state index in [2.05, 4.69) is 15.2 Å². The number of piperazine rings is 1. The molecule has 0 spiro atoms. The summed E-state index contributed by atoms with van der Waals surface area (Å²) in [5, 5.41) is 12.9. The van der Waals surface area contributed by atoms with Crippen LogP contribution < -0.4 is 5.32 Å². The summed E-state index contributed by atoms with van der Waals surface area (Å²) in [5.41, 5.74) is 2.18. The number of urea groups is 1. The van der Waals surface area contributed by atoms with Crippen molar-refractivity contribution in [1.29, 1.82) is 0 Å². The average molecular weight is 376 g/mol. The molecule has 1 aliphatic heterocycles. The van der Waals surface area contributed by atoms with Gasteiger partial charge in [0.2, 0.25) is 0 Å². The van der Waals surface area contributed by atoms with E-state index in [9.17, 15) is 9.90 Å². The van der Waals surface area contributed by atoms with Gasteiger partial charge in [0.15, 0.2) is 11.5 Å². The number of hydrogen-bond donors (Lipinski definition) is 2. The van der Waals surface area contributed by atoms with E-state index in [1.54, 1.807) is 4.90 Å².